The summed E-state index contributed by atoms with van der Waals surface area (Å²) in [6, 6.07) is 2.13. The van der Waals surface area contributed by atoms with E-state index in [1.807, 2.05) is 7.05 Å². The Hall–Kier alpha value is -1.14. The zero-order chi connectivity index (χ0) is 14.0. The number of rotatable bonds is 4. The first-order chi connectivity index (χ1) is 8.99. The number of anilines is 2. The molecule has 4 nitrogen and oxygen atoms in total. The topological polar surface area (TPSA) is 55.0 Å². The van der Waals surface area contributed by atoms with Crippen LogP contribution in [0.5, 0.6) is 0 Å². The summed E-state index contributed by atoms with van der Waals surface area (Å²) in [5, 5.41) is 2.14. The van der Waals surface area contributed by atoms with Crippen LogP contribution in [0.3, 0.4) is 0 Å². The summed E-state index contributed by atoms with van der Waals surface area (Å²) >= 11 is 5.17. The number of hydrogen-bond donors (Lipinski definition) is 1. The third kappa shape index (κ3) is 3.25. The summed E-state index contributed by atoms with van der Waals surface area (Å²) in [5.74, 6) is 1.77. The molecule has 0 amide bonds. The van der Waals surface area contributed by atoms with E-state index in [0.717, 1.165) is 21.7 Å². The summed E-state index contributed by atoms with van der Waals surface area (Å²) < 4.78 is 1.14. The van der Waals surface area contributed by atoms with E-state index in [0.29, 0.717) is 11.7 Å². The Morgan fingerprint density at radius 3 is 2.74 bits per heavy atom. The van der Waals surface area contributed by atoms with Gasteiger partial charge in [0.15, 0.2) is 0 Å². The van der Waals surface area contributed by atoms with Crippen LogP contribution in [-0.4, -0.2) is 17.0 Å². The van der Waals surface area contributed by atoms with Gasteiger partial charge in [-0.2, -0.15) is 0 Å². The highest BCUT2D eigenvalue weighted by molar-refractivity contribution is 9.11. The molecule has 0 saturated carbocycles. The minimum Gasteiger partial charge on any atom is -0.383 e. The maximum atomic E-state index is 5.97. The van der Waals surface area contributed by atoms with Crippen molar-refractivity contribution in [2.45, 2.75) is 26.3 Å². The number of nitrogens with two attached hydrogens (primary N) is 1. The first kappa shape index (κ1) is 14.3. The summed E-state index contributed by atoms with van der Waals surface area (Å²) in [6.45, 7) is 5.01. The van der Waals surface area contributed by atoms with Gasteiger partial charge in [-0.15, -0.1) is 11.3 Å². The van der Waals surface area contributed by atoms with Crippen molar-refractivity contribution in [3.8, 4) is 0 Å². The van der Waals surface area contributed by atoms with Gasteiger partial charge in [-0.3, -0.25) is 0 Å². The van der Waals surface area contributed by atoms with Gasteiger partial charge in [-0.1, -0.05) is 13.8 Å². The van der Waals surface area contributed by atoms with E-state index >= 15 is 0 Å². The van der Waals surface area contributed by atoms with Crippen LogP contribution in [0.4, 0.5) is 11.6 Å². The molecular weight excluding hydrogens is 324 g/mol. The van der Waals surface area contributed by atoms with Gasteiger partial charge < -0.3 is 10.6 Å². The van der Waals surface area contributed by atoms with Crippen LogP contribution < -0.4 is 10.6 Å². The van der Waals surface area contributed by atoms with Gasteiger partial charge in [0.2, 0.25) is 0 Å². The van der Waals surface area contributed by atoms with Crippen LogP contribution in [0, 0.1) is 0 Å². The predicted molar refractivity (Wildman–Crippen MR) is 84.7 cm³/mol. The van der Waals surface area contributed by atoms with Crippen molar-refractivity contribution < 1.29 is 0 Å². The van der Waals surface area contributed by atoms with E-state index in [-0.39, 0.29) is 0 Å². The second-order valence-corrected chi connectivity index (χ2v) is 7.06. The third-order valence-electron chi connectivity index (χ3n) is 2.87. The predicted octanol–water partition coefficient (Wildman–Crippen LogP) is 3.64. The summed E-state index contributed by atoms with van der Waals surface area (Å²) in [7, 11) is 2.03. The van der Waals surface area contributed by atoms with Gasteiger partial charge in [-0.25, -0.2) is 9.97 Å². The molecule has 0 atom stereocenters. The Morgan fingerprint density at radius 1 is 1.42 bits per heavy atom. The van der Waals surface area contributed by atoms with Gasteiger partial charge in [0, 0.05) is 19.2 Å². The van der Waals surface area contributed by atoms with Crippen LogP contribution in [0.15, 0.2) is 21.6 Å². The summed E-state index contributed by atoms with van der Waals surface area (Å²) in [4.78, 5) is 10.6. The fourth-order valence-corrected chi connectivity index (χ4v) is 3.24. The lowest BCUT2D eigenvalue weighted by Crippen LogP contribution is -2.20. The van der Waals surface area contributed by atoms with Crippen LogP contribution in [0.25, 0.3) is 0 Å². The third-order valence-corrected chi connectivity index (χ3v) is 4.43. The van der Waals surface area contributed by atoms with Gasteiger partial charge in [0.25, 0.3) is 0 Å². The van der Waals surface area contributed by atoms with Crippen molar-refractivity contribution in [1.29, 1.82) is 0 Å². The first-order valence-corrected chi connectivity index (χ1v) is 7.70. The molecular formula is C13H17BrN4S. The molecule has 102 valence electrons. The van der Waals surface area contributed by atoms with E-state index in [4.69, 9.17) is 5.73 Å². The maximum absolute atomic E-state index is 5.97. The molecule has 0 aliphatic heterocycles. The van der Waals surface area contributed by atoms with Crippen molar-refractivity contribution >= 4 is 38.9 Å². The lowest BCUT2D eigenvalue weighted by molar-refractivity contribution is 0.813. The van der Waals surface area contributed by atoms with Gasteiger partial charge in [-0.05, 0) is 38.9 Å². The van der Waals surface area contributed by atoms with E-state index in [1.54, 1.807) is 11.3 Å². The monoisotopic (exact) mass is 340 g/mol. The van der Waals surface area contributed by atoms with E-state index in [9.17, 15) is 0 Å². The first-order valence-electron chi connectivity index (χ1n) is 6.03. The molecule has 0 aliphatic rings. The molecule has 6 heteroatoms. The Balaban J connectivity index is 2.28. The number of aromatic nitrogens is 2. The van der Waals surface area contributed by atoms with Crippen LogP contribution in [0.1, 0.15) is 30.9 Å². The lowest BCUT2D eigenvalue weighted by Gasteiger charge is -2.22. The maximum Gasteiger partial charge on any atom is 0.137 e. The molecule has 0 bridgehead atoms. The zero-order valence-electron chi connectivity index (χ0n) is 11.2. The number of halogens is 1. The standard InChI is InChI=1S/C13H17BrN4S/c1-8(2)11-12(15)16-7-17-13(11)18(3)5-9-4-10(14)19-6-9/h4,6-8H,5H2,1-3H3,(H2,15,16,17). The van der Waals surface area contributed by atoms with Crippen molar-refractivity contribution in [3.63, 3.8) is 0 Å². The second kappa shape index (κ2) is 5.88. The molecule has 2 N–H and O–H groups in total. The molecule has 0 spiro atoms. The SMILES string of the molecule is CC(C)c1c(N)ncnc1N(C)Cc1csc(Br)c1. The van der Waals surface area contributed by atoms with E-state index < -0.39 is 0 Å². The zero-order valence-corrected chi connectivity index (χ0v) is 13.6. The minimum absolute atomic E-state index is 0.299. The van der Waals surface area contributed by atoms with Gasteiger partial charge in [0.05, 0.1) is 3.79 Å². The Morgan fingerprint density at radius 2 is 2.16 bits per heavy atom. The number of thiophene rings is 1. The Kier molecular flexibility index (Phi) is 4.42. The molecule has 2 rings (SSSR count). The van der Waals surface area contributed by atoms with Crippen LogP contribution in [0.2, 0.25) is 0 Å². The highest BCUT2D eigenvalue weighted by atomic mass is 79.9. The van der Waals surface area contributed by atoms with Gasteiger partial charge >= 0.3 is 0 Å². The molecule has 0 aliphatic carbocycles. The molecule has 0 fully saturated rings. The fourth-order valence-electron chi connectivity index (χ4n) is 2.03. The summed E-state index contributed by atoms with van der Waals surface area (Å²) in [5.41, 5.74) is 8.24. The molecule has 2 aromatic rings. The van der Waals surface area contributed by atoms with Crippen LogP contribution in [-0.2, 0) is 6.54 Å². The minimum atomic E-state index is 0.299. The molecule has 0 radical (unpaired) electrons. The molecule has 0 unspecified atom stereocenters. The Labute approximate surface area is 125 Å². The molecule has 2 aromatic heterocycles. The van der Waals surface area contributed by atoms with E-state index in [2.05, 4.69) is 56.1 Å². The average molecular weight is 341 g/mol. The average Bonchev–Trinajstić information content (AvgIpc) is 2.73. The highest BCUT2D eigenvalue weighted by Gasteiger charge is 2.16. The lowest BCUT2D eigenvalue weighted by atomic mass is 10.0. The number of nitrogen functional groups attached to an aromatic ring is 1. The molecule has 2 heterocycles. The molecule has 19 heavy (non-hydrogen) atoms. The molecule has 0 aromatic carbocycles. The molecule has 0 saturated heterocycles. The summed E-state index contributed by atoms with van der Waals surface area (Å²) in [6.07, 6.45) is 1.52. The van der Waals surface area contributed by atoms with Crippen LogP contribution >= 0.6 is 27.3 Å². The normalized spacial score (nSPS) is 11.0. The smallest absolute Gasteiger partial charge is 0.137 e. The van der Waals surface area contributed by atoms with E-state index in [1.165, 1.54) is 11.9 Å². The van der Waals surface area contributed by atoms with Gasteiger partial charge in [0.1, 0.15) is 18.0 Å². The van der Waals surface area contributed by atoms with Crippen molar-refractivity contribution in [3.05, 3.63) is 32.7 Å². The fraction of sp³-hybridized carbons (Fsp3) is 0.385. The number of hydrogen-bond acceptors (Lipinski definition) is 5. The highest BCUT2D eigenvalue weighted by Crippen LogP contribution is 2.30. The van der Waals surface area contributed by atoms with Crippen molar-refractivity contribution in [2.24, 2.45) is 0 Å². The second-order valence-electron chi connectivity index (χ2n) is 4.77. The Bertz CT molecular complexity index is 568. The van der Waals surface area contributed by atoms with Crippen molar-refractivity contribution in [1.82, 2.24) is 9.97 Å². The number of nitrogens with zero attached hydrogens (tertiary/aromatic N) is 3. The van der Waals surface area contributed by atoms with Crippen molar-refractivity contribution in [2.75, 3.05) is 17.7 Å². The largest absolute Gasteiger partial charge is 0.383 e. The quantitative estimate of drug-likeness (QED) is 0.922.